The topological polar surface area (TPSA) is 56.9 Å². The fraction of sp³-hybridized carbons (Fsp3) is 0.421. The number of hydrogen-bond acceptors (Lipinski definition) is 4. The van der Waals surface area contributed by atoms with Crippen molar-refractivity contribution in [3.8, 4) is 0 Å². The first kappa shape index (κ1) is 16.7. The summed E-state index contributed by atoms with van der Waals surface area (Å²) in [5.74, 6) is -0.228. The van der Waals surface area contributed by atoms with E-state index < -0.39 is 5.97 Å². The van der Waals surface area contributed by atoms with Gasteiger partial charge < -0.3 is 9.52 Å². The van der Waals surface area contributed by atoms with Crippen LogP contribution in [-0.4, -0.2) is 47.1 Å². The summed E-state index contributed by atoms with van der Waals surface area (Å²) in [6.07, 6.45) is 1.66. The van der Waals surface area contributed by atoms with Gasteiger partial charge in [-0.25, -0.2) is 0 Å². The molecule has 5 nitrogen and oxygen atoms in total. The zero-order valence-electron chi connectivity index (χ0n) is 14.0. The van der Waals surface area contributed by atoms with Gasteiger partial charge in [0.15, 0.2) is 0 Å². The van der Waals surface area contributed by atoms with E-state index in [2.05, 4.69) is 41.0 Å². The zero-order valence-corrected chi connectivity index (χ0v) is 14.0. The van der Waals surface area contributed by atoms with E-state index in [0.717, 1.165) is 25.4 Å². The van der Waals surface area contributed by atoms with Crippen molar-refractivity contribution in [3.63, 3.8) is 0 Å². The molecule has 1 aromatic carbocycles. The molecule has 3 rings (SSSR count). The van der Waals surface area contributed by atoms with Crippen molar-refractivity contribution >= 4 is 5.97 Å². The fourth-order valence-electron chi connectivity index (χ4n) is 3.28. The molecule has 0 aliphatic carbocycles. The molecule has 2 aromatic rings. The highest BCUT2D eigenvalue weighted by Crippen LogP contribution is 2.16. The Bertz CT molecular complexity index is 669. The van der Waals surface area contributed by atoms with Gasteiger partial charge in [-0.05, 0) is 24.6 Å². The third kappa shape index (κ3) is 4.46. The lowest BCUT2D eigenvalue weighted by molar-refractivity contribution is -0.142. The molecule has 0 amide bonds. The van der Waals surface area contributed by atoms with E-state index in [9.17, 15) is 9.90 Å². The molecule has 1 N–H and O–H groups in total. The van der Waals surface area contributed by atoms with Crippen LogP contribution in [0, 0.1) is 12.8 Å². The summed E-state index contributed by atoms with van der Waals surface area (Å²) in [6.45, 7) is 6.37. The standard InChI is InChI=1S/C19H24N2O3/c1-15-4-2-5-16(10-15)11-20-7-8-21(13-17(12-20)19(22)23)14-18-6-3-9-24-18/h2-6,9-10,17H,7-8,11-14H2,1H3,(H,22,23). The van der Waals surface area contributed by atoms with Gasteiger partial charge in [-0.15, -0.1) is 0 Å². The highest BCUT2D eigenvalue weighted by Gasteiger charge is 2.28. The number of benzene rings is 1. The number of aliphatic carboxylic acids is 1. The summed E-state index contributed by atoms with van der Waals surface area (Å²) in [5.41, 5.74) is 2.47. The molecule has 24 heavy (non-hydrogen) atoms. The van der Waals surface area contributed by atoms with Gasteiger partial charge in [-0.3, -0.25) is 14.6 Å². The Kier molecular flexibility index (Phi) is 5.33. The first-order chi connectivity index (χ1) is 11.6. The summed E-state index contributed by atoms with van der Waals surface area (Å²) in [4.78, 5) is 16.1. The van der Waals surface area contributed by atoms with Gasteiger partial charge in [0, 0.05) is 32.7 Å². The van der Waals surface area contributed by atoms with Gasteiger partial charge >= 0.3 is 5.97 Å². The molecule has 0 bridgehead atoms. The highest BCUT2D eigenvalue weighted by molar-refractivity contribution is 5.70. The molecule has 1 saturated heterocycles. The predicted molar refractivity (Wildman–Crippen MR) is 91.6 cm³/mol. The largest absolute Gasteiger partial charge is 0.481 e. The molecule has 1 aromatic heterocycles. The minimum absolute atomic E-state index is 0.382. The molecule has 1 atom stereocenters. The Morgan fingerprint density at radius 2 is 1.92 bits per heavy atom. The molecule has 0 spiro atoms. The third-order valence-corrected chi connectivity index (χ3v) is 4.49. The molecular weight excluding hydrogens is 304 g/mol. The Labute approximate surface area is 142 Å². The quantitative estimate of drug-likeness (QED) is 0.914. The second-order valence-corrected chi connectivity index (χ2v) is 6.57. The summed E-state index contributed by atoms with van der Waals surface area (Å²) in [7, 11) is 0. The number of carboxylic acids is 1. The van der Waals surface area contributed by atoms with E-state index >= 15 is 0 Å². The van der Waals surface area contributed by atoms with Crippen molar-refractivity contribution < 1.29 is 14.3 Å². The van der Waals surface area contributed by atoms with Crippen molar-refractivity contribution in [1.82, 2.24) is 9.80 Å². The van der Waals surface area contributed by atoms with Gasteiger partial charge in [0.05, 0.1) is 18.7 Å². The van der Waals surface area contributed by atoms with Crippen molar-refractivity contribution in [2.45, 2.75) is 20.0 Å². The van der Waals surface area contributed by atoms with E-state index in [4.69, 9.17) is 4.42 Å². The van der Waals surface area contributed by atoms with Gasteiger partial charge in [0.25, 0.3) is 0 Å². The average Bonchev–Trinajstić information content (AvgIpc) is 2.96. The van der Waals surface area contributed by atoms with Crippen LogP contribution in [0.5, 0.6) is 0 Å². The molecule has 5 heteroatoms. The van der Waals surface area contributed by atoms with E-state index in [1.54, 1.807) is 6.26 Å². The molecular formula is C19H24N2O3. The number of aryl methyl sites for hydroxylation is 1. The van der Waals surface area contributed by atoms with Gasteiger partial charge in [-0.2, -0.15) is 0 Å². The van der Waals surface area contributed by atoms with Crippen molar-refractivity contribution in [3.05, 3.63) is 59.5 Å². The van der Waals surface area contributed by atoms with Crippen molar-refractivity contribution in [2.75, 3.05) is 26.2 Å². The minimum Gasteiger partial charge on any atom is -0.481 e. The van der Waals surface area contributed by atoms with Gasteiger partial charge in [-0.1, -0.05) is 29.8 Å². The lowest BCUT2D eigenvalue weighted by atomic mass is 10.1. The van der Waals surface area contributed by atoms with Crippen LogP contribution < -0.4 is 0 Å². The van der Waals surface area contributed by atoms with Crippen molar-refractivity contribution in [1.29, 1.82) is 0 Å². The molecule has 128 valence electrons. The molecule has 1 unspecified atom stereocenters. The number of nitrogens with zero attached hydrogens (tertiary/aromatic N) is 2. The van der Waals surface area contributed by atoms with Crippen molar-refractivity contribution in [2.24, 2.45) is 5.92 Å². The molecule has 0 saturated carbocycles. The molecule has 1 fully saturated rings. The lowest BCUT2D eigenvalue weighted by Gasteiger charge is -2.22. The second-order valence-electron chi connectivity index (χ2n) is 6.57. The van der Waals surface area contributed by atoms with Crippen LogP contribution in [-0.2, 0) is 17.9 Å². The van der Waals surface area contributed by atoms with Crippen LogP contribution in [0.2, 0.25) is 0 Å². The summed E-state index contributed by atoms with van der Waals surface area (Å²) in [5, 5.41) is 9.56. The van der Waals surface area contributed by atoms with Crippen LogP contribution in [0.3, 0.4) is 0 Å². The maximum atomic E-state index is 11.6. The number of carbonyl (C=O) groups is 1. The van der Waals surface area contributed by atoms with Crippen LogP contribution in [0.25, 0.3) is 0 Å². The fourth-order valence-corrected chi connectivity index (χ4v) is 3.28. The summed E-state index contributed by atoms with van der Waals surface area (Å²) >= 11 is 0. The minimum atomic E-state index is -0.726. The molecule has 1 aliphatic heterocycles. The van der Waals surface area contributed by atoms with Crippen LogP contribution >= 0.6 is 0 Å². The van der Waals surface area contributed by atoms with E-state index in [-0.39, 0.29) is 5.92 Å². The van der Waals surface area contributed by atoms with Gasteiger partial charge in [0.1, 0.15) is 5.76 Å². The summed E-state index contributed by atoms with van der Waals surface area (Å²) < 4.78 is 5.41. The number of carboxylic acid groups (broad SMARTS) is 1. The Morgan fingerprint density at radius 1 is 1.17 bits per heavy atom. The predicted octanol–water partition coefficient (Wildman–Crippen LogP) is 2.61. The molecule has 2 heterocycles. The van der Waals surface area contributed by atoms with Crippen LogP contribution in [0.1, 0.15) is 16.9 Å². The second kappa shape index (κ2) is 7.64. The van der Waals surface area contributed by atoms with Crippen LogP contribution in [0.4, 0.5) is 0 Å². The van der Waals surface area contributed by atoms with E-state index in [1.165, 1.54) is 11.1 Å². The highest BCUT2D eigenvalue weighted by atomic mass is 16.4. The maximum absolute atomic E-state index is 11.6. The molecule has 1 aliphatic rings. The average molecular weight is 328 g/mol. The van der Waals surface area contributed by atoms with Crippen LogP contribution in [0.15, 0.2) is 47.1 Å². The summed E-state index contributed by atoms with van der Waals surface area (Å²) in [6, 6.07) is 12.2. The Hall–Kier alpha value is -2.11. The number of hydrogen-bond donors (Lipinski definition) is 1. The first-order valence-electron chi connectivity index (χ1n) is 8.35. The van der Waals surface area contributed by atoms with E-state index in [1.807, 2.05) is 12.1 Å². The maximum Gasteiger partial charge on any atom is 0.309 e. The first-order valence-corrected chi connectivity index (χ1v) is 8.35. The number of rotatable bonds is 5. The lowest BCUT2D eigenvalue weighted by Crippen LogP contribution is -2.34. The van der Waals surface area contributed by atoms with E-state index in [0.29, 0.717) is 19.6 Å². The smallest absolute Gasteiger partial charge is 0.309 e. The molecule has 0 radical (unpaired) electrons. The SMILES string of the molecule is Cc1cccc(CN2CCN(Cc3ccco3)CC(C(=O)O)C2)c1. The monoisotopic (exact) mass is 328 g/mol. The third-order valence-electron chi connectivity index (χ3n) is 4.49. The Balaban J connectivity index is 1.67. The zero-order chi connectivity index (χ0) is 16.9. The number of furan rings is 1. The Morgan fingerprint density at radius 3 is 2.54 bits per heavy atom. The normalized spacial score (nSPS) is 20.0. The van der Waals surface area contributed by atoms with Gasteiger partial charge in [0.2, 0.25) is 0 Å².